The molecule has 15 heteroatoms. The minimum atomic E-state index is -4.29. The SMILES string of the molecule is Cc1ccc(CNC(=O)[C@H](Cc2ccccc2)NC(=O)[C@H](CCC(=O)NC(C)(C)C)NC(=O)[C@H](CNC(=O)CCl)NS(=O)(=O)c2ccc(C)cc2)cc1. The van der Waals surface area contributed by atoms with Gasteiger partial charge >= 0.3 is 0 Å². The first-order valence-corrected chi connectivity index (χ1v) is 19.2. The molecule has 5 amide bonds. The number of benzene rings is 3. The summed E-state index contributed by atoms with van der Waals surface area (Å²) in [6, 6.07) is 18.5. The maximum atomic E-state index is 14.0. The van der Waals surface area contributed by atoms with Crippen molar-refractivity contribution in [3.63, 3.8) is 0 Å². The van der Waals surface area contributed by atoms with Gasteiger partial charge in [-0.25, -0.2) is 8.42 Å². The lowest BCUT2D eigenvalue weighted by atomic mass is 10.0. The molecule has 13 nitrogen and oxygen atoms in total. The molecule has 3 atom stereocenters. The molecule has 0 aromatic heterocycles. The Hall–Kier alpha value is -4.79. The lowest BCUT2D eigenvalue weighted by Gasteiger charge is -2.26. The van der Waals surface area contributed by atoms with E-state index in [2.05, 4.69) is 31.3 Å². The Morgan fingerprint density at radius 1 is 0.679 bits per heavy atom. The molecule has 0 aliphatic rings. The van der Waals surface area contributed by atoms with E-state index in [9.17, 15) is 32.4 Å². The van der Waals surface area contributed by atoms with E-state index in [0.29, 0.717) is 0 Å². The summed E-state index contributed by atoms with van der Waals surface area (Å²) in [6.07, 6.45) is -0.281. The van der Waals surface area contributed by atoms with Gasteiger partial charge in [-0.2, -0.15) is 4.72 Å². The minimum absolute atomic E-state index is 0.112. The molecule has 0 radical (unpaired) electrons. The van der Waals surface area contributed by atoms with Gasteiger partial charge < -0.3 is 26.6 Å². The molecule has 53 heavy (non-hydrogen) atoms. The summed E-state index contributed by atoms with van der Waals surface area (Å²) in [5.41, 5.74) is 2.91. The lowest BCUT2D eigenvalue weighted by molar-refractivity contribution is -0.133. The Labute approximate surface area is 316 Å². The van der Waals surface area contributed by atoms with Crippen LogP contribution in [0.1, 0.15) is 55.9 Å². The van der Waals surface area contributed by atoms with Crippen LogP contribution in [0.3, 0.4) is 0 Å². The van der Waals surface area contributed by atoms with Crippen molar-refractivity contribution in [2.75, 3.05) is 12.4 Å². The highest BCUT2D eigenvalue weighted by atomic mass is 35.5. The van der Waals surface area contributed by atoms with Crippen molar-refractivity contribution >= 4 is 51.2 Å². The van der Waals surface area contributed by atoms with Gasteiger partial charge in [0, 0.05) is 31.5 Å². The number of hydrogen-bond acceptors (Lipinski definition) is 7. The van der Waals surface area contributed by atoms with E-state index in [0.717, 1.165) is 22.3 Å². The fraction of sp³-hybridized carbons (Fsp3) is 0.395. The van der Waals surface area contributed by atoms with Crippen LogP contribution < -0.4 is 31.3 Å². The fourth-order valence-electron chi connectivity index (χ4n) is 5.07. The van der Waals surface area contributed by atoms with E-state index in [1.54, 1.807) is 52.0 Å². The average Bonchev–Trinajstić information content (AvgIpc) is 3.10. The van der Waals surface area contributed by atoms with E-state index >= 15 is 0 Å². The van der Waals surface area contributed by atoms with Crippen molar-refractivity contribution in [3.8, 4) is 0 Å². The van der Waals surface area contributed by atoms with Crippen molar-refractivity contribution < 1.29 is 32.4 Å². The average molecular weight is 769 g/mol. The van der Waals surface area contributed by atoms with Gasteiger partial charge in [0.1, 0.15) is 24.0 Å². The Balaban J connectivity index is 1.90. The number of alkyl halides is 1. The van der Waals surface area contributed by atoms with Crippen LogP contribution in [0.5, 0.6) is 0 Å². The van der Waals surface area contributed by atoms with E-state index in [4.69, 9.17) is 11.6 Å². The summed E-state index contributed by atoms with van der Waals surface area (Å²) >= 11 is 5.62. The van der Waals surface area contributed by atoms with Gasteiger partial charge in [0.05, 0.1) is 4.90 Å². The molecule has 3 aromatic carbocycles. The van der Waals surface area contributed by atoms with Crippen LogP contribution in [-0.4, -0.2) is 74.0 Å². The van der Waals surface area contributed by atoms with E-state index in [-0.39, 0.29) is 30.7 Å². The maximum Gasteiger partial charge on any atom is 0.243 e. The molecular weight excluding hydrogens is 720 g/mol. The topological polar surface area (TPSA) is 192 Å². The standard InChI is InChI=1S/C38H49ClN6O7S/c1-25-11-15-28(16-12-25)23-41-35(48)31(21-27-9-7-6-8-10-27)43-36(49)30(19-20-33(46)44-38(3,4)5)42-37(50)32(24-40-34(47)22-39)45-53(51,52)29-17-13-26(2)14-18-29/h6-18,30-32,45H,19-24H2,1-5H3,(H,40,47)(H,41,48)(H,42,50)(H,43,49)(H,44,46)/t30-,31-,32-/m0/s1. The molecule has 0 spiro atoms. The number of hydrogen-bond donors (Lipinski definition) is 6. The van der Waals surface area contributed by atoms with Gasteiger partial charge in [-0.15, -0.1) is 11.6 Å². The smallest absolute Gasteiger partial charge is 0.243 e. The molecular formula is C38H49ClN6O7S. The van der Waals surface area contributed by atoms with Gasteiger partial charge in [0.15, 0.2) is 0 Å². The lowest BCUT2D eigenvalue weighted by Crippen LogP contribution is -2.59. The predicted molar refractivity (Wildman–Crippen MR) is 203 cm³/mol. The predicted octanol–water partition coefficient (Wildman–Crippen LogP) is 2.53. The maximum absolute atomic E-state index is 14.0. The van der Waals surface area contributed by atoms with Gasteiger partial charge in [0.2, 0.25) is 39.6 Å². The summed E-state index contributed by atoms with van der Waals surface area (Å²) in [4.78, 5) is 66.1. The third-order valence-corrected chi connectivity index (χ3v) is 9.61. The van der Waals surface area contributed by atoms with Crippen molar-refractivity contribution in [1.82, 2.24) is 31.3 Å². The second-order valence-corrected chi connectivity index (χ2v) is 15.8. The first-order valence-electron chi connectivity index (χ1n) is 17.2. The number of amides is 5. The minimum Gasteiger partial charge on any atom is -0.353 e. The molecule has 3 aromatic rings. The van der Waals surface area contributed by atoms with Crippen LogP contribution in [0.4, 0.5) is 0 Å². The largest absolute Gasteiger partial charge is 0.353 e. The van der Waals surface area contributed by atoms with Crippen LogP contribution in [0.25, 0.3) is 0 Å². The van der Waals surface area contributed by atoms with Crippen LogP contribution in [0.15, 0.2) is 83.8 Å². The molecule has 0 bridgehead atoms. The Bertz CT molecular complexity index is 1820. The second-order valence-electron chi connectivity index (χ2n) is 13.8. The van der Waals surface area contributed by atoms with Gasteiger partial charge in [-0.3, -0.25) is 24.0 Å². The molecule has 3 rings (SSSR count). The number of carbonyl (C=O) groups excluding carboxylic acids is 5. The number of carbonyl (C=O) groups is 5. The number of rotatable bonds is 18. The van der Waals surface area contributed by atoms with Crippen LogP contribution in [-0.2, 0) is 47.0 Å². The second kappa shape index (κ2) is 19.9. The number of sulfonamides is 1. The third-order valence-electron chi connectivity index (χ3n) is 7.88. The van der Waals surface area contributed by atoms with E-state index in [1.165, 1.54) is 12.1 Å². The Morgan fingerprint density at radius 2 is 1.25 bits per heavy atom. The summed E-state index contributed by atoms with van der Waals surface area (Å²) in [7, 11) is -4.29. The molecule has 0 aliphatic carbocycles. The Kier molecular flexibility index (Phi) is 16.0. The normalized spacial score (nSPS) is 13.2. The first kappa shape index (κ1) is 42.6. The van der Waals surface area contributed by atoms with E-state index < -0.39 is 75.6 Å². The zero-order valence-corrected chi connectivity index (χ0v) is 32.2. The van der Waals surface area contributed by atoms with Crippen LogP contribution in [0.2, 0.25) is 0 Å². The van der Waals surface area contributed by atoms with Gasteiger partial charge in [-0.05, 0) is 64.3 Å². The molecule has 0 heterocycles. The highest BCUT2D eigenvalue weighted by Crippen LogP contribution is 2.12. The van der Waals surface area contributed by atoms with Crippen LogP contribution in [0, 0.1) is 13.8 Å². The first-order chi connectivity index (χ1) is 25.0. The monoisotopic (exact) mass is 768 g/mol. The molecule has 6 N–H and O–H groups in total. The molecule has 0 fully saturated rings. The summed E-state index contributed by atoms with van der Waals surface area (Å²) in [5.74, 6) is -3.72. The highest BCUT2D eigenvalue weighted by molar-refractivity contribution is 7.89. The number of aryl methyl sites for hydroxylation is 2. The Morgan fingerprint density at radius 3 is 1.83 bits per heavy atom. The zero-order valence-electron chi connectivity index (χ0n) is 30.6. The quantitative estimate of drug-likeness (QED) is 0.107. The van der Waals surface area contributed by atoms with Crippen molar-refractivity contribution in [1.29, 1.82) is 0 Å². The molecule has 0 saturated heterocycles. The van der Waals surface area contributed by atoms with Gasteiger partial charge in [-0.1, -0.05) is 77.9 Å². The van der Waals surface area contributed by atoms with Gasteiger partial charge in [0.25, 0.3) is 0 Å². The fourth-order valence-corrected chi connectivity index (χ4v) is 6.36. The van der Waals surface area contributed by atoms with E-state index in [1.807, 2.05) is 49.4 Å². The highest BCUT2D eigenvalue weighted by Gasteiger charge is 2.32. The van der Waals surface area contributed by atoms with Crippen molar-refractivity contribution in [3.05, 3.63) is 101 Å². The third kappa shape index (κ3) is 15.0. The number of halogens is 1. The zero-order chi connectivity index (χ0) is 39.2. The summed E-state index contributed by atoms with van der Waals surface area (Å²) < 4.78 is 28.9. The number of nitrogens with one attached hydrogen (secondary N) is 6. The molecule has 0 saturated carbocycles. The summed E-state index contributed by atoms with van der Waals surface area (Å²) in [6.45, 7) is 8.81. The molecule has 286 valence electrons. The van der Waals surface area contributed by atoms with Crippen molar-refractivity contribution in [2.24, 2.45) is 0 Å². The van der Waals surface area contributed by atoms with Crippen molar-refractivity contribution in [2.45, 2.75) is 89.0 Å². The summed E-state index contributed by atoms with van der Waals surface area (Å²) in [5, 5.41) is 13.4. The van der Waals surface area contributed by atoms with Crippen LogP contribution >= 0.6 is 11.6 Å². The molecule has 0 aliphatic heterocycles. The molecule has 0 unspecified atom stereocenters.